The van der Waals surface area contributed by atoms with Crippen molar-refractivity contribution in [2.24, 2.45) is 0 Å². The van der Waals surface area contributed by atoms with Crippen molar-refractivity contribution in [3.8, 4) is 12.1 Å². The standard InChI is InChI=1S/C12H13Cl2N5/c1-2-5-17-11-9(13)8-10(14)12(18-11)19(6-3-15)7-4-16/h8H,2,5-7H2,1H3,(H,17,18). The molecule has 0 aromatic carbocycles. The minimum Gasteiger partial charge on any atom is -0.369 e. The first-order chi connectivity index (χ1) is 9.13. The van der Waals surface area contributed by atoms with Crippen molar-refractivity contribution >= 4 is 34.8 Å². The van der Waals surface area contributed by atoms with Crippen LogP contribution >= 0.6 is 23.2 Å². The molecule has 0 radical (unpaired) electrons. The van der Waals surface area contributed by atoms with Gasteiger partial charge in [-0.15, -0.1) is 0 Å². The molecular formula is C12H13Cl2N5. The van der Waals surface area contributed by atoms with Crippen LogP contribution in [0.1, 0.15) is 13.3 Å². The van der Waals surface area contributed by atoms with Crippen LogP contribution in [-0.4, -0.2) is 24.6 Å². The Balaban J connectivity index is 3.11. The predicted octanol–water partition coefficient (Wildman–Crippen LogP) is 3.06. The van der Waals surface area contributed by atoms with Crippen molar-refractivity contribution in [1.82, 2.24) is 4.98 Å². The highest BCUT2D eigenvalue weighted by atomic mass is 35.5. The molecule has 0 aliphatic heterocycles. The largest absolute Gasteiger partial charge is 0.369 e. The summed E-state index contributed by atoms with van der Waals surface area (Å²) >= 11 is 12.1. The number of nitrogens with one attached hydrogen (secondary N) is 1. The zero-order valence-electron chi connectivity index (χ0n) is 10.5. The van der Waals surface area contributed by atoms with Gasteiger partial charge >= 0.3 is 0 Å². The number of rotatable bonds is 6. The minimum atomic E-state index is 0.0368. The molecule has 1 heterocycles. The lowest BCUT2D eigenvalue weighted by molar-refractivity contribution is 0.926. The maximum absolute atomic E-state index is 8.77. The summed E-state index contributed by atoms with van der Waals surface area (Å²) in [5.41, 5.74) is 0. The van der Waals surface area contributed by atoms with Gasteiger partial charge in [0, 0.05) is 6.54 Å². The van der Waals surface area contributed by atoms with Gasteiger partial charge in [0.2, 0.25) is 0 Å². The molecule has 0 saturated heterocycles. The summed E-state index contributed by atoms with van der Waals surface area (Å²) in [6.45, 7) is 2.82. The van der Waals surface area contributed by atoms with Crippen molar-refractivity contribution in [2.45, 2.75) is 13.3 Å². The molecule has 19 heavy (non-hydrogen) atoms. The van der Waals surface area contributed by atoms with Crippen LogP contribution in [0.4, 0.5) is 11.6 Å². The molecule has 0 atom stereocenters. The van der Waals surface area contributed by atoms with Crippen molar-refractivity contribution < 1.29 is 0 Å². The smallest absolute Gasteiger partial charge is 0.151 e. The Bertz CT molecular complexity index is 502. The third-order valence-corrected chi connectivity index (χ3v) is 2.84. The topological polar surface area (TPSA) is 75.7 Å². The summed E-state index contributed by atoms with van der Waals surface area (Å²) in [6.07, 6.45) is 0.927. The molecule has 7 heteroatoms. The fraction of sp³-hybridized carbons (Fsp3) is 0.417. The van der Waals surface area contributed by atoms with Crippen molar-refractivity contribution in [3.63, 3.8) is 0 Å². The lowest BCUT2D eigenvalue weighted by Gasteiger charge is -2.19. The number of hydrogen-bond donors (Lipinski definition) is 1. The van der Waals surface area contributed by atoms with E-state index in [1.807, 2.05) is 19.1 Å². The molecule has 0 saturated carbocycles. The zero-order valence-corrected chi connectivity index (χ0v) is 12.0. The van der Waals surface area contributed by atoms with E-state index in [9.17, 15) is 0 Å². The molecule has 0 amide bonds. The van der Waals surface area contributed by atoms with E-state index in [-0.39, 0.29) is 13.1 Å². The van der Waals surface area contributed by atoms with Gasteiger partial charge < -0.3 is 10.2 Å². The summed E-state index contributed by atoms with van der Waals surface area (Å²) < 4.78 is 0. The SMILES string of the molecule is CCCNc1nc(N(CC#N)CC#N)c(Cl)cc1Cl. The molecule has 1 N–H and O–H groups in total. The molecular weight excluding hydrogens is 285 g/mol. The van der Waals surface area contributed by atoms with E-state index in [0.717, 1.165) is 13.0 Å². The maximum Gasteiger partial charge on any atom is 0.151 e. The van der Waals surface area contributed by atoms with Crippen LogP contribution in [0.5, 0.6) is 0 Å². The first-order valence-electron chi connectivity index (χ1n) is 5.72. The van der Waals surface area contributed by atoms with Crippen LogP contribution in [-0.2, 0) is 0 Å². The lowest BCUT2D eigenvalue weighted by atomic mass is 10.3. The predicted molar refractivity (Wildman–Crippen MR) is 76.5 cm³/mol. The van der Waals surface area contributed by atoms with Crippen LogP contribution in [0, 0.1) is 22.7 Å². The second-order valence-corrected chi connectivity index (χ2v) is 4.54. The third-order valence-electron chi connectivity index (χ3n) is 2.28. The van der Waals surface area contributed by atoms with Gasteiger partial charge in [-0.3, -0.25) is 0 Å². The molecule has 1 aromatic heterocycles. The van der Waals surface area contributed by atoms with Gasteiger partial charge in [0.1, 0.15) is 18.9 Å². The van der Waals surface area contributed by atoms with Crippen molar-refractivity contribution in [3.05, 3.63) is 16.1 Å². The van der Waals surface area contributed by atoms with E-state index in [2.05, 4.69) is 10.3 Å². The van der Waals surface area contributed by atoms with Crippen molar-refractivity contribution in [1.29, 1.82) is 10.5 Å². The van der Waals surface area contributed by atoms with Crippen LogP contribution in [0.2, 0.25) is 10.0 Å². The highest BCUT2D eigenvalue weighted by Crippen LogP contribution is 2.31. The van der Waals surface area contributed by atoms with Gasteiger partial charge in [0.15, 0.2) is 5.82 Å². The fourth-order valence-electron chi connectivity index (χ4n) is 1.42. The summed E-state index contributed by atoms with van der Waals surface area (Å²) in [4.78, 5) is 5.79. The van der Waals surface area contributed by atoms with E-state index in [0.29, 0.717) is 21.7 Å². The number of hydrogen-bond acceptors (Lipinski definition) is 5. The molecule has 5 nitrogen and oxygen atoms in total. The number of anilines is 2. The number of nitriles is 2. The minimum absolute atomic E-state index is 0.0368. The Kier molecular flexibility index (Phi) is 6.21. The lowest BCUT2D eigenvalue weighted by Crippen LogP contribution is -2.25. The van der Waals surface area contributed by atoms with Crippen molar-refractivity contribution in [2.75, 3.05) is 29.9 Å². The molecule has 0 spiro atoms. The maximum atomic E-state index is 8.77. The Hall–Kier alpha value is -1.69. The van der Waals surface area contributed by atoms with Gasteiger partial charge in [-0.05, 0) is 12.5 Å². The van der Waals surface area contributed by atoms with E-state index < -0.39 is 0 Å². The highest BCUT2D eigenvalue weighted by molar-refractivity contribution is 6.37. The summed E-state index contributed by atoms with van der Waals surface area (Å²) in [6, 6.07) is 5.52. The van der Waals surface area contributed by atoms with Crippen LogP contribution in [0.3, 0.4) is 0 Å². The molecule has 0 fully saturated rings. The summed E-state index contributed by atoms with van der Waals surface area (Å²) in [5, 5.41) is 21.3. The molecule has 1 aromatic rings. The third kappa shape index (κ3) is 4.17. The van der Waals surface area contributed by atoms with Crippen LogP contribution in [0.25, 0.3) is 0 Å². The molecule has 100 valence electrons. The number of halogens is 2. The molecule has 0 aliphatic rings. The quantitative estimate of drug-likeness (QED) is 0.817. The van der Waals surface area contributed by atoms with E-state index in [1.165, 1.54) is 4.90 Å². The molecule has 1 rings (SSSR count). The van der Waals surface area contributed by atoms with Crippen LogP contribution in [0.15, 0.2) is 6.07 Å². The normalized spacial score (nSPS) is 9.53. The fourth-order valence-corrected chi connectivity index (χ4v) is 1.97. The summed E-state index contributed by atoms with van der Waals surface area (Å²) in [5.74, 6) is 0.886. The monoisotopic (exact) mass is 297 g/mol. The van der Waals surface area contributed by atoms with E-state index in [4.69, 9.17) is 33.7 Å². The Morgan fingerprint density at radius 3 is 2.42 bits per heavy atom. The molecule has 0 bridgehead atoms. The number of pyridine rings is 1. The second kappa shape index (κ2) is 7.68. The molecule has 0 unspecified atom stereocenters. The Labute approximate surface area is 122 Å². The average molecular weight is 298 g/mol. The summed E-state index contributed by atoms with van der Waals surface area (Å²) in [7, 11) is 0. The van der Waals surface area contributed by atoms with E-state index in [1.54, 1.807) is 6.07 Å². The first-order valence-corrected chi connectivity index (χ1v) is 6.48. The number of aromatic nitrogens is 1. The zero-order chi connectivity index (χ0) is 14.3. The second-order valence-electron chi connectivity index (χ2n) is 3.72. The highest BCUT2D eigenvalue weighted by Gasteiger charge is 2.15. The van der Waals surface area contributed by atoms with Gasteiger partial charge in [-0.1, -0.05) is 30.1 Å². The van der Waals surface area contributed by atoms with E-state index >= 15 is 0 Å². The Morgan fingerprint density at radius 2 is 1.89 bits per heavy atom. The van der Waals surface area contributed by atoms with Gasteiger partial charge in [-0.2, -0.15) is 10.5 Å². The van der Waals surface area contributed by atoms with Gasteiger partial charge in [0.25, 0.3) is 0 Å². The molecule has 0 aliphatic carbocycles. The van der Waals surface area contributed by atoms with Gasteiger partial charge in [0.05, 0.1) is 22.2 Å². The Morgan fingerprint density at radius 1 is 1.26 bits per heavy atom. The van der Waals surface area contributed by atoms with Gasteiger partial charge in [-0.25, -0.2) is 4.98 Å². The van der Waals surface area contributed by atoms with Crippen LogP contribution < -0.4 is 10.2 Å². The average Bonchev–Trinajstić information content (AvgIpc) is 2.38. The first kappa shape index (κ1) is 15.4. The number of nitrogens with zero attached hydrogens (tertiary/aromatic N) is 4.